The standard InChI is InChI=1S/C19H32O5/c1-12(10-16(20)24-19(3,4)5)18(21)23-13(2)17(15-8-9-15)22-11-14-6-7-14/h12-15,17H,6-11H2,1-5H3/t12-,13+,17+/m1/s1. The molecule has 0 heterocycles. The highest BCUT2D eigenvalue weighted by Gasteiger charge is 2.39. The minimum Gasteiger partial charge on any atom is -0.460 e. The van der Waals surface area contributed by atoms with Gasteiger partial charge in [-0.3, -0.25) is 9.59 Å². The Bertz CT molecular complexity index is 445. The summed E-state index contributed by atoms with van der Waals surface area (Å²) in [7, 11) is 0. The number of ether oxygens (including phenoxy) is 3. The predicted octanol–water partition coefficient (Wildman–Crippen LogP) is 3.49. The van der Waals surface area contributed by atoms with Crippen LogP contribution >= 0.6 is 0 Å². The van der Waals surface area contributed by atoms with Crippen LogP contribution in [0.1, 0.15) is 66.7 Å². The lowest BCUT2D eigenvalue weighted by atomic mass is 10.1. The van der Waals surface area contributed by atoms with Crippen LogP contribution < -0.4 is 0 Å². The number of hydrogen-bond donors (Lipinski definition) is 0. The average Bonchev–Trinajstić information content (AvgIpc) is 3.31. The molecule has 0 unspecified atom stereocenters. The Morgan fingerprint density at radius 3 is 2.21 bits per heavy atom. The second kappa shape index (κ2) is 7.85. The van der Waals surface area contributed by atoms with Crippen molar-refractivity contribution in [2.75, 3.05) is 6.61 Å². The Balaban J connectivity index is 1.76. The lowest BCUT2D eigenvalue weighted by Crippen LogP contribution is -2.35. The molecule has 2 aliphatic carbocycles. The van der Waals surface area contributed by atoms with E-state index in [-0.39, 0.29) is 30.6 Å². The van der Waals surface area contributed by atoms with Crippen molar-refractivity contribution in [2.45, 2.75) is 84.5 Å². The van der Waals surface area contributed by atoms with Crippen LogP contribution in [0.5, 0.6) is 0 Å². The Morgan fingerprint density at radius 1 is 1.08 bits per heavy atom. The van der Waals surface area contributed by atoms with Gasteiger partial charge in [-0.2, -0.15) is 0 Å². The van der Waals surface area contributed by atoms with Gasteiger partial charge in [0.05, 0.1) is 18.4 Å². The quantitative estimate of drug-likeness (QED) is 0.601. The Labute approximate surface area is 145 Å². The number of esters is 2. The number of hydrogen-bond acceptors (Lipinski definition) is 5. The molecule has 2 fully saturated rings. The maximum atomic E-state index is 12.3. The maximum absolute atomic E-state index is 12.3. The highest BCUT2D eigenvalue weighted by Crippen LogP contribution is 2.38. The highest BCUT2D eigenvalue weighted by molar-refractivity contribution is 5.79. The zero-order valence-electron chi connectivity index (χ0n) is 15.7. The molecule has 0 N–H and O–H groups in total. The first-order valence-corrected chi connectivity index (χ1v) is 9.19. The Hall–Kier alpha value is -1.10. The Kier molecular flexibility index (Phi) is 6.29. The van der Waals surface area contributed by atoms with E-state index < -0.39 is 11.5 Å². The second-order valence-electron chi connectivity index (χ2n) is 8.41. The van der Waals surface area contributed by atoms with Crippen molar-refractivity contribution in [1.29, 1.82) is 0 Å². The third kappa shape index (κ3) is 6.80. The lowest BCUT2D eigenvalue weighted by molar-refractivity contribution is -0.167. The van der Waals surface area contributed by atoms with Gasteiger partial charge in [-0.05, 0) is 65.2 Å². The molecule has 24 heavy (non-hydrogen) atoms. The number of carbonyl (C=O) groups excluding carboxylic acids is 2. The predicted molar refractivity (Wildman–Crippen MR) is 90.4 cm³/mol. The fraction of sp³-hybridized carbons (Fsp3) is 0.895. The summed E-state index contributed by atoms with van der Waals surface area (Å²) in [6.45, 7) is 9.81. The van der Waals surface area contributed by atoms with E-state index in [0.717, 1.165) is 19.4 Å². The third-order valence-electron chi connectivity index (χ3n) is 4.37. The van der Waals surface area contributed by atoms with Crippen molar-refractivity contribution < 1.29 is 23.8 Å². The minimum absolute atomic E-state index is 0.0109. The van der Waals surface area contributed by atoms with Crippen LogP contribution in [0.25, 0.3) is 0 Å². The van der Waals surface area contributed by atoms with Gasteiger partial charge in [-0.15, -0.1) is 0 Å². The van der Waals surface area contributed by atoms with Gasteiger partial charge in [0.1, 0.15) is 11.7 Å². The molecule has 5 nitrogen and oxygen atoms in total. The van der Waals surface area contributed by atoms with Gasteiger partial charge in [0.15, 0.2) is 0 Å². The first-order valence-electron chi connectivity index (χ1n) is 9.19. The third-order valence-corrected chi connectivity index (χ3v) is 4.37. The molecule has 138 valence electrons. The van der Waals surface area contributed by atoms with Crippen molar-refractivity contribution >= 4 is 11.9 Å². The van der Waals surface area contributed by atoms with E-state index >= 15 is 0 Å². The zero-order chi connectivity index (χ0) is 17.9. The van der Waals surface area contributed by atoms with Gasteiger partial charge < -0.3 is 14.2 Å². The molecule has 2 rings (SSSR count). The fourth-order valence-electron chi connectivity index (χ4n) is 2.69. The molecule has 2 aliphatic rings. The maximum Gasteiger partial charge on any atom is 0.309 e. The van der Waals surface area contributed by atoms with Crippen molar-refractivity contribution in [3.63, 3.8) is 0 Å². The topological polar surface area (TPSA) is 61.8 Å². The van der Waals surface area contributed by atoms with E-state index in [4.69, 9.17) is 14.2 Å². The molecule has 0 saturated heterocycles. The second-order valence-corrected chi connectivity index (χ2v) is 8.41. The Morgan fingerprint density at radius 2 is 1.71 bits per heavy atom. The van der Waals surface area contributed by atoms with Crippen LogP contribution in [0.4, 0.5) is 0 Å². The smallest absolute Gasteiger partial charge is 0.309 e. The molecular weight excluding hydrogens is 308 g/mol. The zero-order valence-corrected chi connectivity index (χ0v) is 15.7. The molecule has 0 bridgehead atoms. The summed E-state index contributed by atoms with van der Waals surface area (Å²) >= 11 is 0. The monoisotopic (exact) mass is 340 g/mol. The molecule has 0 radical (unpaired) electrons. The van der Waals surface area contributed by atoms with E-state index in [9.17, 15) is 9.59 Å². The van der Waals surface area contributed by atoms with Crippen molar-refractivity contribution in [1.82, 2.24) is 0 Å². The summed E-state index contributed by atoms with van der Waals surface area (Å²) < 4.78 is 16.9. The summed E-state index contributed by atoms with van der Waals surface area (Å²) in [5, 5.41) is 0. The first kappa shape index (κ1) is 19.2. The minimum atomic E-state index is -0.540. The van der Waals surface area contributed by atoms with E-state index in [1.54, 1.807) is 6.92 Å². The van der Waals surface area contributed by atoms with Crippen molar-refractivity contribution in [2.24, 2.45) is 17.8 Å². The van der Waals surface area contributed by atoms with Crippen molar-refractivity contribution in [3.05, 3.63) is 0 Å². The number of carbonyl (C=O) groups is 2. The van der Waals surface area contributed by atoms with Crippen LogP contribution in [0.15, 0.2) is 0 Å². The summed E-state index contributed by atoms with van der Waals surface area (Å²) in [5.41, 5.74) is -0.540. The summed E-state index contributed by atoms with van der Waals surface area (Å²) in [5.74, 6) is -0.0316. The summed E-state index contributed by atoms with van der Waals surface area (Å²) in [6, 6.07) is 0. The van der Waals surface area contributed by atoms with Gasteiger partial charge in [-0.25, -0.2) is 0 Å². The van der Waals surface area contributed by atoms with Crippen LogP contribution in [-0.2, 0) is 23.8 Å². The molecule has 0 aromatic rings. The van der Waals surface area contributed by atoms with E-state index in [2.05, 4.69) is 0 Å². The molecule has 0 aliphatic heterocycles. The van der Waals surface area contributed by atoms with E-state index in [1.807, 2.05) is 27.7 Å². The molecule has 0 aromatic heterocycles. The average molecular weight is 340 g/mol. The summed E-state index contributed by atoms with van der Waals surface area (Å²) in [4.78, 5) is 24.1. The van der Waals surface area contributed by atoms with Gasteiger partial charge >= 0.3 is 11.9 Å². The number of rotatable bonds is 9. The van der Waals surface area contributed by atoms with Crippen LogP contribution in [0.3, 0.4) is 0 Å². The van der Waals surface area contributed by atoms with Gasteiger partial charge in [0, 0.05) is 6.61 Å². The van der Waals surface area contributed by atoms with Gasteiger partial charge in [0.25, 0.3) is 0 Å². The molecule has 3 atom stereocenters. The van der Waals surface area contributed by atoms with Crippen LogP contribution in [0.2, 0.25) is 0 Å². The van der Waals surface area contributed by atoms with Crippen molar-refractivity contribution in [3.8, 4) is 0 Å². The largest absolute Gasteiger partial charge is 0.460 e. The van der Waals surface area contributed by atoms with E-state index in [1.165, 1.54) is 12.8 Å². The van der Waals surface area contributed by atoms with Crippen LogP contribution in [0, 0.1) is 17.8 Å². The molecule has 0 aromatic carbocycles. The fourth-order valence-corrected chi connectivity index (χ4v) is 2.69. The van der Waals surface area contributed by atoms with Gasteiger partial charge in [-0.1, -0.05) is 6.92 Å². The normalized spacial score (nSPS) is 21.7. The SMILES string of the molecule is C[C@H](CC(=O)OC(C)(C)C)C(=O)O[C@@H](C)[C@H](OCC1CC1)C1CC1. The molecule has 5 heteroatoms. The highest BCUT2D eigenvalue weighted by atomic mass is 16.6. The van der Waals surface area contributed by atoms with Crippen LogP contribution in [-0.4, -0.2) is 36.4 Å². The molecule has 2 saturated carbocycles. The molecule has 0 spiro atoms. The molecule has 0 amide bonds. The van der Waals surface area contributed by atoms with E-state index in [0.29, 0.717) is 11.8 Å². The summed E-state index contributed by atoms with van der Waals surface area (Å²) in [6.07, 6.45) is 4.54. The lowest BCUT2D eigenvalue weighted by Gasteiger charge is -2.26. The molecular formula is C19H32O5. The first-order chi connectivity index (χ1) is 11.2. The van der Waals surface area contributed by atoms with Gasteiger partial charge in [0.2, 0.25) is 0 Å².